The summed E-state index contributed by atoms with van der Waals surface area (Å²) < 4.78 is 0. The maximum Gasteiger partial charge on any atom is 0.0492 e. The Labute approximate surface area is 246 Å². The standard InChI is InChI=1S/C40H30N2/c1-40(2)20-17-32(42(30-11-4-3-5-12-30)31-18-21-41-22-19-31)23-29(26-40)33-15-16-36-38-25-28-10-7-6-9-27(28)24-37(38)35-14-8-13-34(33)39(35)36/h3-26H,1-2H3. The van der Waals surface area contributed by atoms with Crippen molar-refractivity contribution in [2.24, 2.45) is 5.41 Å². The van der Waals surface area contributed by atoms with Crippen molar-refractivity contribution < 1.29 is 0 Å². The molecule has 2 nitrogen and oxygen atoms in total. The Morgan fingerprint density at radius 3 is 1.98 bits per heavy atom. The van der Waals surface area contributed by atoms with Crippen molar-refractivity contribution in [3.05, 3.63) is 157 Å². The van der Waals surface area contributed by atoms with Crippen molar-refractivity contribution in [1.29, 1.82) is 0 Å². The normalized spacial score (nSPS) is 14.8. The fraction of sp³-hybridized carbons (Fsp3) is 0.0750. The quantitative estimate of drug-likeness (QED) is 0.222. The number of rotatable bonds is 4. The summed E-state index contributed by atoms with van der Waals surface area (Å²) in [6.07, 6.45) is 13.0. The van der Waals surface area contributed by atoms with E-state index in [9.17, 15) is 0 Å². The molecule has 0 N–H and O–H groups in total. The summed E-state index contributed by atoms with van der Waals surface area (Å²) in [6.45, 7) is 4.56. The van der Waals surface area contributed by atoms with Gasteiger partial charge in [0.15, 0.2) is 0 Å². The zero-order chi connectivity index (χ0) is 28.3. The lowest BCUT2D eigenvalue weighted by molar-refractivity contribution is 0.628. The highest BCUT2D eigenvalue weighted by atomic mass is 15.1. The van der Waals surface area contributed by atoms with Crippen molar-refractivity contribution in [3.8, 4) is 22.3 Å². The average molecular weight is 539 g/mol. The van der Waals surface area contributed by atoms with Gasteiger partial charge in [0.25, 0.3) is 0 Å². The number of allylic oxidation sites excluding steroid dienone is 5. The van der Waals surface area contributed by atoms with Crippen molar-refractivity contribution in [2.75, 3.05) is 4.90 Å². The van der Waals surface area contributed by atoms with Gasteiger partial charge in [-0.25, -0.2) is 0 Å². The predicted octanol–water partition coefficient (Wildman–Crippen LogP) is 10.7. The summed E-state index contributed by atoms with van der Waals surface area (Å²) in [6, 6.07) is 39.6. The third kappa shape index (κ3) is 3.99. The highest BCUT2D eigenvalue weighted by Crippen LogP contribution is 2.50. The third-order valence-electron chi connectivity index (χ3n) is 8.53. The molecule has 2 aliphatic rings. The molecule has 0 saturated heterocycles. The number of anilines is 2. The van der Waals surface area contributed by atoms with E-state index in [2.05, 4.69) is 157 Å². The van der Waals surface area contributed by atoms with Gasteiger partial charge in [-0.1, -0.05) is 98.8 Å². The molecule has 5 aromatic carbocycles. The van der Waals surface area contributed by atoms with E-state index < -0.39 is 0 Å². The van der Waals surface area contributed by atoms with Gasteiger partial charge in [0.05, 0.1) is 0 Å². The number of hydrogen-bond acceptors (Lipinski definition) is 2. The number of nitrogens with zero attached hydrogens (tertiary/aromatic N) is 2. The molecule has 2 heteroatoms. The first kappa shape index (κ1) is 24.6. The Morgan fingerprint density at radius 1 is 0.595 bits per heavy atom. The van der Waals surface area contributed by atoms with Crippen LogP contribution in [0, 0.1) is 5.41 Å². The van der Waals surface area contributed by atoms with E-state index in [1.807, 2.05) is 12.4 Å². The summed E-state index contributed by atoms with van der Waals surface area (Å²) in [4.78, 5) is 6.60. The number of hydrogen-bond donors (Lipinski definition) is 0. The molecule has 6 aromatic rings. The Morgan fingerprint density at radius 2 is 1.24 bits per heavy atom. The second-order valence-corrected chi connectivity index (χ2v) is 11.8. The summed E-state index contributed by atoms with van der Waals surface area (Å²) in [5.74, 6) is 0. The lowest BCUT2D eigenvalue weighted by Crippen LogP contribution is -2.15. The molecule has 0 spiro atoms. The van der Waals surface area contributed by atoms with Crippen molar-refractivity contribution in [3.63, 3.8) is 0 Å². The van der Waals surface area contributed by atoms with Gasteiger partial charge < -0.3 is 4.90 Å². The smallest absolute Gasteiger partial charge is 0.0492 e. The Bertz CT molecular complexity index is 2010. The minimum atomic E-state index is -0.127. The van der Waals surface area contributed by atoms with E-state index in [1.165, 1.54) is 54.9 Å². The number of aromatic nitrogens is 1. The van der Waals surface area contributed by atoms with Crippen LogP contribution in [0.3, 0.4) is 0 Å². The fourth-order valence-corrected chi connectivity index (χ4v) is 6.60. The van der Waals surface area contributed by atoms with E-state index in [1.54, 1.807) is 0 Å². The minimum Gasteiger partial charge on any atom is -0.310 e. The van der Waals surface area contributed by atoms with Gasteiger partial charge in [0, 0.05) is 34.9 Å². The first-order valence-electron chi connectivity index (χ1n) is 14.5. The Hall–Kier alpha value is -5.21. The van der Waals surface area contributed by atoms with Crippen LogP contribution in [0.1, 0.15) is 19.4 Å². The first-order valence-corrected chi connectivity index (χ1v) is 14.5. The number of pyridine rings is 1. The molecule has 0 atom stereocenters. The van der Waals surface area contributed by atoms with Crippen LogP contribution in [-0.2, 0) is 0 Å². The molecule has 0 radical (unpaired) electrons. The van der Waals surface area contributed by atoms with Gasteiger partial charge in [-0.3, -0.25) is 4.98 Å². The molecule has 2 aliphatic carbocycles. The zero-order valence-electron chi connectivity index (χ0n) is 23.8. The molecule has 200 valence electrons. The van der Waals surface area contributed by atoms with Crippen LogP contribution < -0.4 is 4.90 Å². The lowest BCUT2D eigenvalue weighted by atomic mass is 9.87. The Balaban J connectivity index is 1.34. The Kier molecular flexibility index (Phi) is 5.52. The van der Waals surface area contributed by atoms with Gasteiger partial charge in [-0.15, -0.1) is 0 Å². The second-order valence-electron chi connectivity index (χ2n) is 11.8. The van der Waals surface area contributed by atoms with Gasteiger partial charge in [0.2, 0.25) is 0 Å². The molecule has 0 saturated carbocycles. The SMILES string of the molecule is CC1(C)C=CC(N(c2ccccc2)c2ccncc2)=CC(c2ccc3c4c(cccc24)-c2cc4ccccc4cc2-3)=C1. The van der Waals surface area contributed by atoms with E-state index in [-0.39, 0.29) is 5.41 Å². The molecule has 8 rings (SSSR count). The third-order valence-corrected chi connectivity index (χ3v) is 8.53. The van der Waals surface area contributed by atoms with Crippen LogP contribution in [0.5, 0.6) is 0 Å². The van der Waals surface area contributed by atoms with E-state index >= 15 is 0 Å². The maximum atomic E-state index is 4.29. The van der Waals surface area contributed by atoms with Gasteiger partial charge in [0.1, 0.15) is 0 Å². The monoisotopic (exact) mass is 538 g/mol. The van der Waals surface area contributed by atoms with E-state index in [4.69, 9.17) is 0 Å². The maximum absolute atomic E-state index is 4.29. The molecular formula is C40H30N2. The average Bonchev–Trinajstić information content (AvgIpc) is 3.23. The van der Waals surface area contributed by atoms with Crippen LogP contribution in [0.2, 0.25) is 0 Å². The molecule has 0 aliphatic heterocycles. The first-order chi connectivity index (χ1) is 20.6. The molecule has 1 heterocycles. The molecule has 0 bridgehead atoms. The van der Waals surface area contributed by atoms with Crippen LogP contribution >= 0.6 is 0 Å². The number of benzene rings is 5. The largest absolute Gasteiger partial charge is 0.310 e. The van der Waals surface area contributed by atoms with Crippen LogP contribution in [0.25, 0.3) is 49.4 Å². The van der Waals surface area contributed by atoms with Crippen LogP contribution in [-0.4, -0.2) is 4.98 Å². The van der Waals surface area contributed by atoms with E-state index in [0.717, 1.165) is 17.1 Å². The highest BCUT2D eigenvalue weighted by Gasteiger charge is 2.25. The van der Waals surface area contributed by atoms with Crippen LogP contribution in [0.15, 0.2) is 152 Å². The van der Waals surface area contributed by atoms with E-state index in [0.29, 0.717) is 0 Å². The molecule has 0 amide bonds. The molecular weight excluding hydrogens is 508 g/mol. The van der Waals surface area contributed by atoms with Crippen molar-refractivity contribution in [1.82, 2.24) is 4.98 Å². The van der Waals surface area contributed by atoms with Crippen molar-refractivity contribution in [2.45, 2.75) is 13.8 Å². The van der Waals surface area contributed by atoms with Crippen molar-refractivity contribution >= 4 is 38.5 Å². The van der Waals surface area contributed by atoms with Gasteiger partial charge in [-0.2, -0.15) is 0 Å². The molecule has 42 heavy (non-hydrogen) atoms. The summed E-state index contributed by atoms with van der Waals surface area (Å²) >= 11 is 0. The van der Waals surface area contributed by atoms with Gasteiger partial charge >= 0.3 is 0 Å². The predicted molar refractivity (Wildman–Crippen MR) is 178 cm³/mol. The van der Waals surface area contributed by atoms with Gasteiger partial charge in [-0.05, 0) is 103 Å². The molecule has 0 fully saturated rings. The topological polar surface area (TPSA) is 16.1 Å². The highest BCUT2D eigenvalue weighted by molar-refractivity contribution is 6.19. The fourth-order valence-electron chi connectivity index (χ4n) is 6.60. The number of fused-ring (bicyclic) bond motifs is 4. The summed E-state index contributed by atoms with van der Waals surface area (Å²) in [5, 5.41) is 5.20. The lowest BCUT2D eigenvalue weighted by Gasteiger charge is -2.26. The zero-order valence-corrected chi connectivity index (χ0v) is 23.8. The van der Waals surface area contributed by atoms with Crippen LogP contribution in [0.4, 0.5) is 11.4 Å². The summed E-state index contributed by atoms with van der Waals surface area (Å²) in [7, 11) is 0. The summed E-state index contributed by atoms with van der Waals surface area (Å²) in [5.41, 5.74) is 11.0. The minimum absolute atomic E-state index is 0.127. The molecule has 1 aromatic heterocycles. The molecule has 0 unspecified atom stereocenters. The number of para-hydroxylation sites is 1. The second kappa shape index (κ2) is 9.43.